The van der Waals surface area contributed by atoms with E-state index in [1.807, 2.05) is 58.5 Å². The Morgan fingerprint density at radius 1 is 1.05 bits per heavy atom. The van der Waals surface area contributed by atoms with E-state index in [4.69, 9.17) is 0 Å². The molecule has 106 valence electrons. The monoisotopic (exact) mass is 263 g/mol. The zero-order valence-electron chi connectivity index (χ0n) is 12.4. The Balaban J connectivity index is 2.51. The van der Waals surface area contributed by atoms with Gasteiger partial charge in [-0.05, 0) is 33.8 Å². The molecule has 0 aliphatic heterocycles. The third-order valence-corrected chi connectivity index (χ3v) is 2.85. The van der Waals surface area contributed by atoms with Crippen molar-refractivity contribution in [1.29, 1.82) is 0 Å². The highest BCUT2D eigenvalue weighted by Crippen LogP contribution is 2.03. The van der Waals surface area contributed by atoms with Crippen molar-refractivity contribution in [3.8, 4) is 0 Å². The van der Waals surface area contributed by atoms with Gasteiger partial charge in [0, 0.05) is 19.6 Å². The van der Waals surface area contributed by atoms with Crippen molar-refractivity contribution in [2.45, 2.75) is 6.54 Å². The summed E-state index contributed by atoms with van der Waals surface area (Å²) < 4.78 is 0. The molecule has 19 heavy (non-hydrogen) atoms. The third kappa shape index (κ3) is 6.36. The Hall–Kier alpha value is -1.39. The van der Waals surface area contributed by atoms with E-state index in [9.17, 15) is 4.79 Å². The van der Waals surface area contributed by atoms with Gasteiger partial charge >= 0.3 is 0 Å². The highest BCUT2D eigenvalue weighted by atomic mass is 16.1. The maximum Gasteiger partial charge on any atom is 0.225 e. The van der Waals surface area contributed by atoms with Crippen molar-refractivity contribution >= 4 is 5.91 Å². The van der Waals surface area contributed by atoms with Gasteiger partial charge in [0.25, 0.3) is 0 Å². The average Bonchev–Trinajstić information content (AvgIpc) is 2.35. The van der Waals surface area contributed by atoms with Crippen molar-refractivity contribution in [2.75, 3.05) is 41.3 Å². The van der Waals surface area contributed by atoms with Gasteiger partial charge in [0.05, 0.1) is 5.92 Å². The minimum Gasteiger partial charge on any atom is -0.352 e. The number of hydrogen-bond acceptors (Lipinski definition) is 3. The Kier molecular flexibility index (Phi) is 6.53. The van der Waals surface area contributed by atoms with E-state index in [1.54, 1.807) is 0 Å². The molecule has 4 nitrogen and oxygen atoms in total. The van der Waals surface area contributed by atoms with Gasteiger partial charge in [-0.25, -0.2) is 0 Å². The first kappa shape index (κ1) is 15.7. The molecule has 0 atom stereocenters. The molecule has 0 aromatic heterocycles. The van der Waals surface area contributed by atoms with E-state index < -0.39 is 0 Å². The molecule has 0 bridgehead atoms. The van der Waals surface area contributed by atoms with Crippen LogP contribution in [0.5, 0.6) is 0 Å². The smallest absolute Gasteiger partial charge is 0.225 e. The van der Waals surface area contributed by atoms with Gasteiger partial charge in [-0.2, -0.15) is 0 Å². The second kappa shape index (κ2) is 7.92. The molecular formula is C15H25N3O. The number of rotatable bonds is 7. The first-order valence-corrected chi connectivity index (χ1v) is 6.60. The molecular weight excluding hydrogens is 238 g/mol. The molecule has 1 N–H and O–H groups in total. The van der Waals surface area contributed by atoms with Gasteiger partial charge in [-0.1, -0.05) is 30.3 Å². The number of hydrogen-bond donors (Lipinski definition) is 1. The molecule has 0 unspecified atom stereocenters. The van der Waals surface area contributed by atoms with Gasteiger partial charge in [0.2, 0.25) is 5.91 Å². The van der Waals surface area contributed by atoms with Crippen molar-refractivity contribution in [3.05, 3.63) is 35.9 Å². The van der Waals surface area contributed by atoms with Gasteiger partial charge in [0.15, 0.2) is 0 Å². The molecule has 0 fully saturated rings. The summed E-state index contributed by atoms with van der Waals surface area (Å²) in [4.78, 5) is 16.3. The summed E-state index contributed by atoms with van der Waals surface area (Å²) in [5.41, 5.74) is 1.13. The average molecular weight is 263 g/mol. The van der Waals surface area contributed by atoms with E-state index in [0.717, 1.165) is 18.7 Å². The summed E-state index contributed by atoms with van der Waals surface area (Å²) in [7, 11) is 7.97. The van der Waals surface area contributed by atoms with Crippen LogP contribution in [-0.4, -0.2) is 57.0 Å². The predicted octanol–water partition coefficient (Wildman–Crippen LogP) is 1.04. The van der Waals surface area contributed by atoms with Crippen LogP contribution in [0.25, 0.3) is 0 Å². The molecule has 1 aromatic carbocycles. The van der Waals surface area contributed by atoms with Crippen LogP contribution in [0, 0.1) is 5.92 Å². The Labute approximate surface area is 116 Å². The normalized spacial score (nSPS) is 11.3. The molecule has 0 aliphatic carbocycles. The van der Waals surface area contributed by atoms with Gasteiger partial charge in [-0.3, -0.25) is 4.79 Å². The highest BCUT2D eigenvalue weighted by Gasteiger charge is 2.19. The first-order valence-electron chi connectivity index (χ1n) is 6.60. The second-order valence-electron chi connectivity index (χ2n) is 5.42. The number of benzene rings is 1. The molecule has 0 saturated heterocycles. The SMILES string of the molecule is CN(C)CC(CN(C)C)C(=O)NCc1ccccc1. The number of nitrogens with one attached hydrogen (secondary N) is 1. The first-order chi connectivity index (χ1) is 8.99. The van der Waals surface area contributed by atoms with Crippen molar-refractivity contribution in [1.82, 2.24) is 15.1 Å². The summed E-state index contributed by atoms with van der Waals surface area (Å²) in [5, 5.41) is 3.02. The van der Waals surface area contributed by atoms with E-state index in [1.165, 1.54) is 0 Å². The lowest BCUT2D eigenvalue weighted by Gasteiger charge is -2.23. The second-order valence-corrected chi connectivity index (χ2v) is 5.42. The van der Waals surface area contributed by atoms with Crippen LogP contribution in [0.2, 0.25) is 0 Å². The van der Waals surface area contributed by atoms with Crippen molar-refractivity contribution in [3.63, 3.8) is 0 Å². The third-order valence-electron chi connectivity index (χ3n) is 2.85. The Morgan fingerprint density at radius 3 is 2.05 bits per heavy atom. The summed E-state index contributed by atoms with van der Waals surface area (Å²) in [6.07, 6.45) is 0. The molecule has 1 amide bonds. The number of carbonyl (C=O) groups excluding carboxylic acids is 1. The molecule has 4 heteroatoms. The summed E-state index contributed by atoms with van der Waals surface area (Å²) >= 11 is 0. The fourth-order valence-electron chi connectivity index (χ4n) is 2.03. The molecule has 0 heterocycles. The summed E-state index contributed by atoms with van der Waals surface area (Å²) in [6.45, 7) is 2.12. The van der Waals surface area contributed by atoms with Crippen LogP contribution in [0.3, 0.4) is 0 Å². The van der Waals surface area contributed by atoms with Crippen LogP contribution in [0.1, 0.15) is 5.56 Å². The van der Waals surface area contributed by atoms with Crippen molar-refractivity contribution in [2.24, 2.45) is 5.92 Å². The lowest BCUT2D eigenvalue weighted by Crippen LogP contribution is -2.41. The largest absolute Gasteiger partial charge is 0.352 e. The van der Waals surface area contributed by atoms with Crippen LogP contribution in [0.15, 0.2) is 30.3 Å². The summed E-state index contributed by atoms with van der Waals surface area (Å²) in [6, 6.07) is 9.99. The summed E-state index contributed by atoms with van der Waals surface area (Å²) in [5.74, 6) is 0.111. The predicted molar refractivity (Wildman–Crippen MR) is 78.9 cm³/mol. The molecule has 0 spiro atoms. The van der Waals surface area contributed by atoms with Crippen molar-refractivity contribution < 1.29 is 4.79 Å². The quantitative estimate of drug-likeness (QED) is 0.798. The molecule has 0 saturated carbocycles. The number of carbonyl (C=O) groups is 1. The Morgan fingerprint density at radius 2 is 1.58 bits per heavy atom. The van der Waals surface area contributed by atoms with Gasteiger partial charge < -0.3 is 15.1 Å². The van der Waals surface area contributed by atoms with Crippen LogP contribution in [0.4, 0.5) is 0 Å². The maximum absolute atomic E-state index is 12.2. The van der Waals surface area contributed by atoms with Gasteiger partial charge in [-0.15, -0.1) is 0 Å². The fraction of sp³-hybridized carbons (Fsp3) is 0.533. The van der Waals surface area contributed by atoms with Gasteiger partial charge in [0.1, 0.15) is 0 Å². The lowest BCUT2D eigenvalue weighted by molar-refractivity contribution is -0.126. The van der Waals surface area contributed by atoms with Crippen LogP contribution >= 0.6 is 0 Å². The van der Waals surface area contributed by atoms with E-state index >= 15 is 0 Å². The molecule has 1 rings (SSSR count). The van der Waals surface area contributed by atoms with E-state index in [2.05, 4.69) is 15.1 Å². The fourth-order valence-corrected chi connectivity index (χ4v) is 2.03. The number of nitrogens with zero attached hydrogens (tertiary/aromatic N) is 2. The minimum absolute atomic E-state index is 0.00582. The Bertz CT molecular complexity index is 366. The molecule has 1 aromatic rings. The van der Waals surface area contributed by atoms with Crippen LogP contribution in [-0.2, 0) is 11.3 Å². The van der Waals surface area contributed by atoms with E-state index in [-0.39, 0.29) is 11.8 Å². The molecule has 0 aliphatic rings. The minimum atomic E-state index is -0.00582. The zero-order chi connectivity index (χ0) is 14.3. The maximum atomic E-state index is 12.2. The highest BCUT2D eigenvalue weighted by molar-refractivity contribution is 5.79. The lowest BCUT2D eigenvalue weighted by atomic mass is 10.1. The van der Waals surface area contributed by atoms with E-state index in [0.29, 0.717) is 6.54 Å². The molecule has 0 radical (unpaired) electrons. The zero-order valence-corrected chi connectivity index (χ0v) is 12.4. The van der Waals surface area contributed by atoms with Crippen LogP contribution < -0.4 is 5.32 Å². The topological polar surface area (TPSA) is 35.6 Å². The standard InChI is InChI=1S/C15H25N3O/c1-17(2)11-14(12-18(3)4)15(19)16-10-13-8-6-5-7-9-13/h5-9,14H,10-12H2,1-4H3,(H,16,19). The number of amides is 1.